The van der Waals surface area contributed by atoms with Crippen LogP contribution in [0.1, 0.15) is 0 Å². The van der Waals surface area contributed by atoms with Gasteiger partial charge in [0.2, 0.25) is 0 Å². The number of nitrogens with zero attached hydrogens (tertiary/aromatic N) is 4. The summed E-state index contributed by atoms with van der Waals surface area (Å²) in [6, 6.07) is 0. The van der Waals surface area contributed by atoms with E-state index >= 15 is 0 Å². The molecule has 0 radical (unpaired) electrons. The maximum absolute atomic E-state index is 13.3. The first-order chi connectivity index (χ1) is 9.88. The second kappa shape index (κ2) is 4.54. The van der Waals surface area contributed by atoms with Crippen LogP contribution < -0.4 is 5.73 Å². The molecule has 2 aromatic rings. The molecule has 0 bridgehead atoms. The zero-order valence-electron chi connectivity index (χ0n) is 10.5. The third-order valence-corrected chi connectivity index (χ3v) is 3.34. The molecule has 1 saturated heterocycles. The first kappa shape index (κ1) is 14.0. The van der Waals surface area contributed by atoms with E-state index in [2.05, 4.69) is 15.0 Å². The van der Waals surface area contributed by atoms with E-state index in [1.165, 1.54) is 0 Å². The summed E-state index contributed by atoms with van der Waals surface area (Å²) in [4.78, 5) is 10.5. The lowest BCUT2D eigenvalue weighted by molar-refractivity contribution is -0.287. The number of halogens is 1. The molecule has 0 spiro atoms. The van der Waals surface area contributed by atoms with Crippen molar-refractivity contribution in [2.75, 3.05) is 12.3 Å². The fourth-order valence-corrected chi connectivity index (χ4v) is 2.26. The van der Waals surface area contributed by atoms with E-state index in [1.807, 2.05) is 0 Å². The minimum absolute atomic E-state index is 0.0115. The van der Waals surface area contributed by atoms with Crippen molar-refractivity contribution in [1.29, 1.82) is 0 Å². The van der Waals surface area contributed by atoms with E-state index in [1.54, 1.807) is 0 Å². The average molecular weight is 301 g/mol. The molecule has 0 aromatic carbocycles. The second-order valence-corrected chi connectivity index (χ2v) is 4.60. The fourth-order valence-electron chi connectivity index (χ4n) is 2.26. The summed E-state index contributed by atoms with van der Waals surface area (Å²) < 4.78 is 19.1. The summed E-state index contributed by atoms with van der Waals surface area (Å²) in [5, 5.41) is 39.1. The lowest BCUT2D eigenvalue weighted by atomic mass is 10.1. The molecule has 0 saturated carbocycles. The first-order valence-electron chi connectivity index (χ1n) is 5.92. The predicted octanol–water partition coefficient (Wildman–Crippen LogP) is -2.74. The molecule has 21 heavy (non-hydrogen) atoms. The summed E-state index contributed by atoms with van der Waals surface area (Å²) in [5.74, 6) is -2.74. The molecule has 1 aliphatic heterocycles. The van der Waals surface area contributed by atoms with Crippen molar-refractivity contribution in [3.05, 3.63) is 12.4 Å². The zero-order chi connectivity index (χ0) is 15.4. The molecule has 114 valence electrons. The maximum Gasteiger partial charge on any atom is 0.312 e. The van der Waals surface area contributed by atoms with Crippen LogP contribution in [-0.4, -0.2) is 64.9 Å². The Morgan fingerprint density at radius 3 is 2.76 bits per heavy atom. The Morgan fingerprint density at radius 1 is 1.43 bits per heavy atom. The number of imidazole rings is 1. The van der Waals surface area contributed by atoms with Gasteiger partial charge in [0.05, 0.1) is 6.61 Å². The lowest BCUT2D eigenvalue weighted by Crippen LogP contribution is -2.45. The SMILES string of the molecule is Nc1nc(F)nc2c1ncn2[C@@]1(O)O[C@H](CO)[C@@H](O)[C@@H]1O. The summed E-state index contributed by atoms with van der Waals surface area (Å²) in [6.45, 7) is -0.640. The summed E-state index contributed by atoms with van der Waals surface area (Å²) in [7, 11) is 0. The number of aromatic nitrogens is 4. The molecule has 1 aliphatic rings. The van der Waals surface area contributed by atoms with Gasteiger partial charge in [0.25, 0.3) is 5.91 Å². The van der Waals surface area contributed by atoms with E-state index in [-0.39, 0.29) is 17.0 Å². The smallest absolute Gasteiger partial charge is 0.312 e. The molecule has 3 rings (SSSR count). The molecule has 0 aliphatic carbocycles. The van der Waals surface area contributed by atoms with Crippen molar-refractivity contribution < 1.29 is 29.6 Å². The highest BCUT2D eigenvalue weighted by Crippen LogP contribution is 2.35. The number of anilines is 1. The van der Waals surface area contributed by atoms with Crippen molar-refractivity contribution in [2.45, 2.75) is 24.2 Å². The number of fused-ring (bicyclic) bond motifs is 1. The van der Waals surface area contributed by atoms with E-state index in [9.17, 15) is 19.7 Å². The second-order valence-electron chi connectivity index (χ2n) is 4.60. The number of ether oxygens (including phenoxy) is 1. The molecule has 11 heteroatoms. The van der Waals surface area contributed by atoms with Crippen LogP contribution >= 0.6 is 0 Å². The van der Waals surface area contributed by atoms with Gasteiger partial charge in [0.1, 0.15) is 18.5 Å². The number of hydrogen-bond acceptors (Lipinski definition) is 9. The Labute approximate surface area is 116 Å². The van der Waals surface area contributed by atoms with Crippen LogP contribution in [0.5, 0.6) is 0 Å². The minimum atomic E-state index is -2.48. The Balaban J connectivity index is 2.16. The monoisotopic (exact) mass is 301 g/mol. The van der Waals surface area contributed by atoms with Crippen LogP contribution in [0.3, 0.4) is 0 Å². The molecular formula is C10H12FN5O5. The van der Waals surface area contributed by atoms with Crippen LogP contribution in [0.2, 0.25) is 0 Å². The summed E-state index contributed by atoms with van der Waals surface area (Å²) in [6.07, 6.45) is -4.75. The fraction of sp³-hybridized carbons (Fsp3) is 0.500. The van der Waals surface area contributed by atoms with Crippen LogP contribution in [0.4, 0.5) is 10.2 Å². The number of nitrogen functional groups attached to an aromatic ring is 1. The van der Waals surface area contributed by atoms with Crippen molar-refractivity contribution in [1.82, 2.24) is 19.5 Å². The number of aliphatic hydroxyl groups is 4. The topological polar surface area (TPSA) is 160 Å². The Hall–Kier alpha value is -1.92. The lowest BCUT2D eigenvalue weighted by Gasteiger charge is -2.27. The molecule has 6 N–H and O–H groups in total. The van der Waals surface area contributed by atoms with Crippen LogP contribution in [0, 0.1) is 6.08 Å². The van der Waals surface area contributed by atoms with Crippen molar-refractivity contribution in [3.63, 3.8) is 0 Å². The maximum atomic E-state index is 13.3. The van der Waals surface area contributed by atoms with Crippen molar-refractivity contribution in [3.8, 4) is 0 Å². The van der Waals surface area contributed by atoms with Gasteiger partial charge in [-0.3, -0.25) is 4.57 Å². The Bertz CT molecular complexity index is 696. The van der Waals surface area contributed by atoms with E-state index in [4.69, 9.17) is 15.6 Å². The highest BCUT2D eigenvalue weighted by Gasteiger charge is 2.55. The van der Waals surface area contributed by atoms with Gasteiger partial charge in [-0.05, 0) is 0 Å². The highest BCUT2D eigenvalue weighted by atomic mass is 19.1. The third kappa shape index (κ3) is 1.86. The van der Waals surface area contributed by atoms with Crippen LogP contribution in [0.25, 0.3) is 11.2 Å². The van der Waals surface area contributed by atoms with Crippen LogP contribution in [-0.2, 0) is 10.6 Å². The molecule has 1 fully saturated rings. The predicted molar refractivity (Wildman–Crippen MR) is 63.9 cm³/mol. The third-order valence-electron chi connectivity index (χ3n) is 3.34. The largest absolute Gasteiger partial charge is 0.394 e. The molecular weight excluding hydrogens is 289 g/mol. The normalized spacial score (nSPS) is 32.9. The average Bonchev–Trinajstić information content (AvgIpc) is 2.95. The number of rotatable bonds is 2. The van der Waals surface area contributed by atoms with E-state index in [0.29, 0.717) is 0 Å². The zero-order valence-corrected chi connectivity index (χ0v) is 10.5. The van der Waals surface area contributed by atoms with Gasteiger partial charge < -0.3 is 30.9 Å². The molecule has 0 amide bonds. The van der Waals surface area contributed by atoms with E-state index < -0.39 is 36.9 Å². The molecule has 10 nitrogen and oxygen atoms in total. The van der Waals surface area contributed by atoms with Crippen LogP contribution in [0.15, 0.2) is 6.33 Å². The van der Waals surface area contributed by atoms with Gasteiger partial charge in [0, 0.05) is 0 Å². The quantitative estimate of drug-likeness (QED) is 0.371. The standard InChI is InChI=1S/C10H12FN5O5/c11-9-14-7(12)4-8(15-9)16(2-13-4)10(20)6(19)5(18)3(1-17)21-10/h2-3,5-6,17-20H,1H2,(H2,12,14,15)/t3-,5-,6+,10+/m1/s1. The van der Waals surface area contributed by atoms with E-state index in [0.717, 1.165) is 10.9 Å². The van der Waals surface area contributed by atoms with Gasteiger partial charge >= 0.3 is 6.08 Å². The Morgan fingerprint density at radius 2 is 2.14 bits per heavy atom. The highest BCUT2D eigenvalue weighted by molar-refractivity contribution is 5.81. The number of hydrogen-bond donors (Lipinski definition) is 5. The van der Waals surface area contributed by atoms with Gasteiger partial charge in [-0.2, -0.15) is 14.4 Å². The van der Waals surface area contributed by atoms with Crippen molar-refractivity contribution >= 4 is 17.0 Å². The molecule has 0 unspecified atom stereocenters. The number of nitrogens with two attached hydrogens (primary N) is 1. The van der Waals surface area contributed by atoms with Gasteiger partial charge in [-0.25, -0.2) is 4.98 Å². The molecule has 2 aromatic heterocycles. The van der Waals surface area contributed by atoms with Gasteiger partial charge in [0.15, 0.2) is 23.1 Å². The summed E-state index contributed by atoms with van der Waals surface area (Å²) in [5.41, 5.74) is 5.25. The van der Waals surface area contributed by atoms with Gasteiger partial charge in [-0.15, -0.1) is 0 Å². The minimum Gasteiger partial charge on any atom is -0.394 e. The molecule has 3 heterocycles. The molecule has 4 atom stereocenters. The summed E-state index contributed by atoms with van der Waals surface area (Å²) >= 11 is 0. The van der Waals surface area contributed by atoms with Crippen molar-refractivity contribution in [2.24, 2.45) is 0 Å². The Kier molecular flexibility index (Phi) is 3.04. The first-order valence-corrected chi connectivity index (χ1v) is 5.92. The number of aliphatic hydroxyl groups excluding tert-OH is 3. The van der Waals surface area contributed by atoms with Gasteiger partial charge in [-0.1, -0.05) is 0 Å².